The molecule has 0 aliphatic carbocycles. The third-order valence-electron chi connectivity index (χ3n) is 13.0. The first-order valence-corrected chi connectivity index (χ1v) is 28.2. The molecule has 0 unspecified atom stereocenters. The van der Waals surface area contributed by atoms with E-state index in [1.54, 1.807) is 0 Å². The molecule has 0 N–H and O–H groups in total. The van der Waals surface area contributed by atoms with Gasteiger partial charge in [0.05, 0.1) is 0 Å². The van der Waals surface area contributed by atoms with Gasteiger partial charge in [-0.05, 0) is 31.1 Å². The molecule has 0 amide bonds. The zero-order valence-corrected chi connectivity index (χ0v) is 43.2. The average molecular weight is 892 g/mol. The fourth-order valence-electron chi connectivity index (χ4n) is 8.70. The minimum atomic E-state index is -0.762. The summed E-state index contributed by atoms with van der Waals surface area (Å²) in [6, 6.07) is 0. The Morgan fingerprint density at radius 2 is 0.524 bits per heavy atom. The number of hydrogen-bond acceptors (Lipinski definition) is 6. The number of rotatable bonds is 51. The molecule has 63 heavy (non-hydrogen) atoms. The van der Waals surface area contributed by atoms with E-state index in [9.17, 15) is 14.4 Å². The van der Waals surface area contributed by atoms with E-state index in [0.29, 0.717) is 19.3 Å². The van der Waals surface area contributed by atoms with Crippen LogP contribution in [0.15, 0.2) is 0 Å². The molecule has 0 bridgehead atoms. The Kier molecular flexibility index (Phi) is 48.6. The minimum absolute atomic E-state index is 0.0630. The maximum atomic E-state index is 12.8. The van der Waals surface area contributed by atoms with E-state index in [-0.39, 0.29) is 31.1 Å². The van der Waals surface area contributed by atoms with Crippen LogP contribution >= 0.6 is 0 Å². The summed E-state index contributed by atoms with van der Waals surface area (Å²) in [6.45, 7) is 11.4. The number of carbonyl (C=O) groups is 3. The molecule has 1 atom stereocenters. The highest BCUT2D eigenvalue weighted by atomic mass is 16.6. The van der Waals surface area contributed by atoms with Crippen LogP contribution in [0.5, 0.6) is 0 Å². The van der Waals surface area contributed by atoms with Gasteiger partial charge in [-0.25, -0.2) is 0 Å². The Morgan fingerprint density at radius 3 is 0.778 bits per heavy atom. The van der Waals surface area contributed by atoms with Gasteiger partial charge in [0.25, 0.3) is 0 Å². The van der Waals surface area contributed by atoms with Crippen molar-refractivity contribution in [2.24, 2.45) is 11.8 Å². The highest BCUT2D eigenvalue weighted by Crippen LogP contribution is 2.18. The third-order valence-corrected chi connectivity index (χ3v) is 13.0. The molecule has 0 saturated carbocycles. The van der Waals surface area contributed by atoms with Crippen LogP contribution in [0.3, 0.4) is 0 Å². The van der Waals surface area contributed by atoms with E-state index in [2.05, 4.69) is 34.6 Å². The van der Waals surface area contributed by atoms with Gasteiger partial charge in [0.2, 0.25) is 0 Å². The monoisotopic (exact) mass is 891 g/mol. The van der Waals surface area contributed by atoms with Gasteiger partial charge >= 0.3 is 17.9 Å². The first-order chi connectivity index (χ1) is 30.7. The van der Waals surface area contributed by atoms with Crippen LogP contribution in [0.25, 0.3) is 0 Å². The van der Waals surface area contributed by atoms with Gasteiger partial charge in [0, 0.05) is 19.3 Å². The van der Waals surface area contributed by atoms with Crippen molar-refractivity contribution in [3.05, 3.63) is 0 Å². The molecule has 6 nitrogen and oxygen atoms in total. The molecule has 0 aromatic heterocycles. The zero-order chi connectivity index (χ0) is 46.1. The average Bonchev–Trinajstić information content (AvgIpc) is 3.25. The van der Waals surface area contributed by atoms with Crippen molar-refractivity contribution in [3.8, 4) is 0 Å². The van der Waals surface area contributed by atoms with Crippen LogP contribution < -0.4 is 0 Å². The second kappa shape index (κ2) is 49.8. The summed E-state index contributed by atoms with van der Waals surface area (Å²) < 4.78 is 16.8. The number of carbonyl (C=O) groups excluding carboxylic acids is 3. The molecule has 0 heterocycles. The van der Waals surface area contributed by atoms with Gasteiger partial charge in [-0.15, -0.1) is 0 Å². The highest BCUT2D eigenvalue weighted by molar-refractivity contribution is 5.71. The Labute approximate surface area is 393 Å². The summed E-state index contributed by atoms with van der Waals surface area (Å²) in [4.78, 5) is 38.0. The van der Waals surface area contributed by atoms with Crippen molar-refractivity contribution in [2.45, 2.75) is 323 Å². The molecule has 0 fully saturated rings. The Hall–Kier alpha value is -1.59. The van der Waals surface area contributed by atoms with Crippen molar-refractivity contribution in [3.63, 3.8) is 0 Å². The van der Waals surface area contributed by atoms with Gasteiger partial charge in [0.1, 0.15) is 13.2 Å². The molecule has 0 spiro atoms. The van der Waals surface area contributed by atoms with Crippen molar-refractivity contribution in [1.82, 2.24) is 0 Å². The molecule has 0 aromatic carbocycles. The van der Waals surface area contributed by atoms with Crippen LogP contribution in [-0.2, 0) is 28.6 Å². The molecule has 0 aromatic rings. The van der Waals surface area contributed by atoms with E-state index < -0.39 is 6.10 Å². The molecule has 6 heteroatoms. The second-order valence-electron chi connectivity index (χ2n) is 20.5. The first-order valence-electron chi connectivity index (χ1n) is 28.2. The van der Waals surface area contributed by atoms with Gasteiger partial charge in [-0.1, -0.05) is 279 Å². The van der Waals surface area contributed by atoms with Crippen molar-refractivity contribution < 1.29 is 28.6 Å². The molecule has 374 valence electrons. The molecule has 0 rings (SSSR count). The summed E-state index contributed by atoms with van der Waals surface area (Å²) in [5.74, 6) is 0.832. The number of esters is 3. The lowest BCUT2D eigenvalue weighted by Gasteiger charge is -2.18. The molecule has 0 radical (unpaired) electrons. The predicted molar refractivity (Wildman–Crippen MR) is 270 cm³/mol. The maximum Gasteiger partial charge on any atom is 0.306 e. The fraction of sp³-hybridized carbons (Fsp3) is 0.947. The van der Waals surface area contributed by atoms with Crippen LogP contribution in [0.2, 0.25) is 0 Å². The van der Waals surface area contributed by atoms with E-state index in [1.165, 1.54) is 205 Å². The Bertz CT molecular complexity index is 962. The van der Waals surface area contributed by atoms with Gasteiger partial charge in [-0.2, -0.15) is 0 Å². The quantitative estimate of drug-likeness (QED) is 0.0344. The van der Waals surface area contributed by atoms with Gasteiger partial charge in [0.15, 0.2) is 6.10 Å². The molecular formula is C57H110O6. The second-order valence-corrected chi connectivity index (χ2v) is 20.5. The van der Waals surface area contributed by atoms with Crippen LogP contribution in [-0.4, -0.2) is 37.2 Å². The summed E-state index contributed by atoms with van der Waals surface area (Å²) >= 11 is 0. The van der Waals surface area contributed by atoms with Gasteiger partial charge in [-0.3, -0.25) is 14.4 Å². The largest absolute Gasteiger partial charge is 0.462 e. The topological polar surface area (TPSA) is 78.9 Å². The van der Waals surface area contributed by atoms with E-state index in [4.69, 9.17) is 14.2 Å². The summed E-state index contributed by atoms with van der Waals surface area (Å²) in [5, 5.41) is 0. The Morgan fingerprint density at radius 1 is 0.302 bits per heavy atom. The van der Waals surface area contributed by atoms with E-state index >= 15 is 0 Å². The lowest BCUT2D eigenvalue weighted by Crippen LogP contribution is -2.30. The van der Waals surface area contributed by atoms with E-state index in [0.717, 1.165) is 69.6 Å². The van der Waals surface area contributed by atoms with E-state index in [1.807, 2.05) is 0 Å². The highest BCUT2D eigenvalue weighted by Gasteiger charge is 2.19. The van der Waals surface area contributed by atoms with Crippen molar-refractivity contribution in [1.29, 1.82) is 0 Å². The fourth-order valence-corrected chi connectivity index (χ4v) is 8.70. The SMILES string of the molecule is CCCCCCCCCCCCCC(=O)OC[C@@H](COC(=O)CCCCCCCCCCCCCCCCCCCCC(C)C)OC(=O)CCCCCCCCCCCCC(C)C. The third kappa shape index (κ3) is 51.3. The van der Waals surface area contributed by atoms with Crippen molar-refractivity contribution >= 4 is 17.9 Å². The van der Waals surface area contributed by atoms with Crippen LogP contribution in [0.1, 0.15) is 317 Å². The first kappa shape index (κ1) is 61.4. The summed E-state index contributed by atoms with van der Waals surface area (Å²) in [7, 11) is 0. The van der Waals surface area contributed by atoms with Gasteiger partial charge < -0.3 is 14.2 Å². The smallest absolute Gasteiger partial charge is 0.306 e. The summed E-state index contributed by atoms with van der Waals surface area (Å²) in [6.07, 6.45) is 52.4. The maximum absolute atomic E-state index is 12.8. The normalized spacial score (nSPS) is 12.0. The van der Waals surface area contributed by atoms with Crippen LogP contribution in [0, 0.1) is 11.8 Å². The number of unbranched alkanes of at least 4 members (excludes halogenated alkanes) is 36. The molecule has 0 aliphatic heterocycles. The Balaban J connectivity index is 4.21. The molecule has 0 aliphatic rings. The minimum Gasteiger partial charge on any atom is -0.462 e. The lowest BCUT2D eigenvalue weighted by atomic mass is 10.0. The summed E-state index contributed by atoms with van der Waals surface area (Å²) in [5.41, 5.74) is 0. The van der Waals surface area contributed by atoms with Crippen LogP contribution in [0.4, 0.5) is 0 Å². The zero-order valence-electron chi connectivity index (χ0n) is 43.2. The standard InChI is InChI=1S/C57H110O6/c1-6-7-8-9-10-11-20-27-32-37-42-47-55(58)61-50-54(63-57(60)49-44-39-34-29-24-23-26-31-36-41-46-53(4)5)51-62-56(59)48-43-38-33-28-22-19-17-15-13-12-14-16-18-21-25-30-35-40-45-52(2)3/h52-54H,6-51H2,1-5H3/t54-/m0/s1. The lowest BCUT2D eigenvalue weighted by molar-refractivity contribution is -0.167. The predicted octanol–water partition coefficient (Wildman–Crippen LogP) is 18.5. The molecule has 0 saturated heterocycles. The van der Waals surface area contributed by atoms with Crippen molar-refractivity contribution in [2.75, 3.05) is 13.2 Å². The number of ether oxygens (including phenoxy) is 3. The molecular weight excluding hydrogens is 781 g/mol. The number of hydrogen-bond donors (Lipinski definition) is 0.